The van der Waals surface area contributed by atoms with Crippen molar-refractivity contribution in [1.82, 2.24) is 15.3 Å². The van der Waals surface area contributed by atoms with Gasteiger partial charge in [0.15, 0.2) is 0 Å². The Balaban J connectivity index is 2.02. The van der Waals surface area contributed by atoms with Crippen LogP contribution in [-0.4, -0.2) is 33.6 Å². The predicted octanol–water partition coefficient (Wildman–Crippen LogP) is 3.89. The number of nitrogens with two attached hydrogens (primary N) is 2. The summed E-state index contributed by atoms with van der Waals surface area (Å²) in [5.41, 5.74) is 24.3. The molecule has 1 unspecified atom stereocenters. The van der Waals surface area contributed by atoms with Crippen LogP contribution in [0.25, 0.3) is 30.4 Å². The number of carbonyl (C=O) groups is 1. The van der Waals surface area contributed by atoms with Gasteiger partial charge in [-0.2, -0.15) is 0 Å². The largest absolute Gasteiger partial charge is 0.398 e. The van der Waals surface area contributed by atoms with E-state index in [2.05, 4.69) is 74.4 Å². The number of aromatic amines is 2. The molecule has 2 aromatic heterocycles. The van der Waals surface area contributed by atoms with Gasteiger partial charge in [-0.1, -0.05) is 37.0 Å². The van der Waals surface area contributed by atoms with Crippen LogP contribution in [0.15, 0.2) is 52.9 Å². The van der Waals surface area contributed by atoms with Crippen molar-refractivity contribution in [1.29, 1.82) is 0 Å². The van der Waals surface area contributed by atoms with Crippen molar-refractivity contribution in [3.63, 3.8) is 0 Å². The molecule has 7 heteroatoms. The number of amides is 1. The average molecular weight is 554 g/mol. The molecule has 4 heterocycles. The molecule has 216 valence electrons. The summed E-state index contributed by atoms with van der Waals surface area (Å²) in [6.45, 7) is 16.6. The Morgan fingerprint density at radius 1 is 1.05 bits per heavy atom. The number of fused-ring (bicyclic) bond motifs is 6. The topological polar surface area (TPSA) is 133 Å². The second-order valence-corrected chi connectivity index (χ2v) is 10.9. The van der Waals surface area contributed by atoms with Crippen molar-refractivity contribution < 1.29 is 9.90 Å². The first-order valence-corrected chi connectivity index (χ1v) is 14.2. The summed E-state index contributed by atoms with van der Waals surface area (Å²) >= 11 is 0. The Morgan fingerprint density at radius 2 is 1.80 bits per heavy atom. The zero-order valence-corrected chi connectivity index (χ0v) is 24.7. The van der Waals surface area contributed by atoms with Crippen LogP contribution in [0.1, 0.15) is 73.2 Å². The predicted molar refractivity (Wildman–Crippen MR) is 170 cm³/mol. The van der Waals surface area contributed by atoms with Crippen molar-refractivity contribution >= 4 is 36.3 Å². The van der Waals surface area contributed by atoms with Gasteiger partial charge in [-0.05, 0) is 105 Å². The van der Waals surface area contributed by atoms with Gasteiger partial charge in [0, 0.05) is 52.1 Å². The van der Waals surface area contributed by atoms with E-state index < -0.39 is 0 Å². The van der Waals surface area contributed by atoms with Crippen molar-refractivity contribution in [2.75, 3.05) is 6.61 Å². The van der Waals surface area contributed by atoms with Gasteiger partial charge in [-0.3, -0.25) is 4.79 Å². The van der Waals surface area contributed by atoms with Crippen LogP contribution >= 0.6 is 0 Å². The summed E-state index contributed by atoms with van der Waals surface area (Å²) < 4.78 is 0. The highest BCUT2D eigenvalue weighted by Crippen LogP contribution is 2.32. The lowest BCUT2D eigenvalue weighted by Crippen LogP contribution is -2.26. The molecule has 2 aliphatic heterocycles. The fraction of sp³-hybridized carbons (Fsp3) is 0.324. The number of aliphatic hydroxyl groups excluding tert-OH is 1. The van der Waals surface area contributed by atoms with Crippen LogP contribution < -0.4 is 27.5 Å². The molecule has 41 heavy (non-hydrogen) atoms. The molecular weight excluding hydrogens is 510 g/mol. The summed E-state index contributed by atoms with van der Waals surface area (Å²) in [6, 6.07) is -0.0750. The Bertz CT molecular complexity index is 1640. The molecule has 0 saturated heterocycles. The number of H-pyrrole nitrogens is 2. The SMILES string of the molecule is C=CC1=C(\C)C/C=c2\[nH]/c(c(CCC(N)=O)c2C)=C\C2N/C(=C\c3[nH]c(c(C)c3C=C)\C=C\1N)C(C)=C2CCCO. The molecule has 2 aromatic rings. The van der Waals surface area contributed by atoms with Gasteiger partial charge < -0.3 is 31.9 Å². The quantitative estimate of drug-likeness (QED) is 0.296. The van der Waals surface area contributed by atoms with Gasteiger partial charge in [0.25, 0.3) is 0 Å². The standard InChI is InChI=1S/C34H43N5O2/c1-7-23-19(3)11-13-28-21(5)26(12-14-34(36)41)33(37-28)18-32-25(10-9-15-40)22(6)30(39-32)17-31-24(8-2)20(4)29(38-31)16-27(23)35/h7-8,13,16-18,32,37-40H,1-2,9-12,14-15,35H2,3-6H3,(H2,36,41)/b23-19-,27-16-,28-13-,30-17-,33-18-. The molecule has 0 radical (unpaired) electrons. The second kappa shape index (κ2) is 12.5. The molecule has 0 aromatic carbocycles. The van der Waals surface area contributed by atoms with Crippen LogP contribution in [0.2, 0.25) is 0 Å². The summed E-state index contributed by atoms with van der Waals surface area (Å²) in [6.07, 6.45) is 15.1. The maximum atomic E-state index is 11.7. The van der Waals surface area contributed by atoms with Gasteiger partial charge >= 0.3 is 0 Å². The molecule has 6 bridgehead atoms. The van der Waals surface area contributed by atoms with Crippen molar-refractivity contribution in [2.24, 2.45) is 11.5 Å². The number of allylic oxidation sites excluding steroid dienone is 3. The first-order valence-electron chi connectivity index (χ1n) is 14.2. The lowest BCUT2D eigenvalue weighted by molar-refractivity contribution is -0.117. The Hall–Kier alpha value is -4.23. The smallest absolute Gasteiger partial charge is 0.217 e. The number of aliphatic hydroxyl groups is 1. The zero-order valence-electron chi connectivity index (χ0n) is 24.7. The van der Waals surface area contributed by atoms with Crippen molar-refractivity contribution in [2.45, 2.75) is 65.8 Å². The van der Waals surface area contributed by atoms with Crippen LogP contribution in [0.4, 0.5) is 0 Å². The van der Waals surface area contributed by atoms with Crippen LogP contribution in [-0.2, 0) is 11.2 Å². The Kier molecular flexibility index (Phi) is 9.08. The molecule has 0 fully saturated rings. The van der Waals surface area contributed by atoms with E-state index >= 15 is 0 Å². The molecule has 0 saturated carbocycles. The molecule has 0 spiro atoms. The van der Waals surface area contributed by atoms with E-state index in [1.807, 2.05) is 18.2 Å². The van der Waals surface area contributed by atoms with Crippen molar-refractivity contribution in [3.05, 3.63) is 97.3 Å². The fourth-order valence-corrected chi connectivity index (χ4v) is 5.89. The molecule has 7 nitrogen and oxygen atoms in total. The van der Waals surface area contributed by atoms with Crippen LogP contribution in [0.5, 0.6) is 0 Å². The molecule has 0 aliphatic carbocycles. The highest BCUT2D eigenvalue weighted by Gasteiger charge is 2.25. The lowest BCUT2D eigenvalue weighted by atomic mass is 9.98. The van der Waals surface area contributed by atoms with Gasteiger partial charge in [-0.25, -0.2) is 0 Å². The van der Waals surface area contributed by atoms with E-state index in [1.54, 1.807) is 0 Å². The third kappa shape index (κ3) is 6.10. The first-order chi connectivity index (χ1) is 19.6. The third-order valence-electron chi connectivity index (χ3n) is 8.33. The number of carbonyl (C=O) groups excluding carboxylic acids is 1. The minimum Gasteiger partial charge on any atom is -0.398 e. The number of hydrogen-bond donors (Lipinski definition) is 6. The summed E-state index contributed by atoms with van der Waals surface area (Å²) in [7, 11) is 0. The fourth-order valence-electron chi connectivity index (χ4n) is 5.89. The zero-order chi connectivity index (χ0) is 29.8. The third-order valence-corrected chi connectivity index (χ3v) is 8.33. The normalized spacial score (nSPS) is 23.2. The first kappa shape index (κ1) is 29.7. The van der Waals surface area contributed by atoms with Crippen LogP contribution in [0.3, 0.4) is 0 Å². The number of aromatic nitrogens is 2. The summed E-state index contributed by atoms with van der Waals surface area (Å²) in [5.74, 6) is -0.324. The molecular formula is C34H43N5O2. The van der Waals surface area contributed by atoms with E-state index in [1.165, 1.54) is 5.57 Å². The number of rotatable bonds is 8. The van der Waals surface area contributed by atoms with Gasteiger partial charge in [0.05, 0.1) is 6.04 Å². The van der Waals surface area contributed by atoms with E-state index in [0.29, 0.717) is 25.0 Å². The minimum absolute atomic E-state index is 0.0750. The lowest BCUT2D eigenvalue weighted by Gasteiger charge is -2.12. The maximum absolute atomic E-state index is 11.7. The maximum Gasteiger partial charge on any atom is 0.217 e. The van der Waals surface area contributed by atoms with Crippen molar-refractivity contribution in [3.8, 4) is 0 Å². The van der Waals surface area contributed by atoms with E-state index in [-0.39, 0.29) is 25.0 Å². The number of hydrogen-bond acceptors (Lipinski definition) is 4. The average Bonchev–Trinajstić information content (AvgIpc) is 3.50. The minimum atomic E-state index is -0.324. The summed E-state index contributed by atoms with van der Waals surface area (Å²) in [5, 5.41) is 15.3. The second-order valence-electron chi connectivity index (χ2n) is 10.9. The highest BCUT2D eigenvalue weighted by molar-refractivity contribution is 5.75. The van der Waals surface area contributed by atoms with E-state index in [4.69, 9.17) is 11.5 Å². The van der Waals surface area contributed by atoms with Gasteiger partial charge in [0.1, 0.15) is 0 Å². The van der Waals surface area contributed by atoms with Gasteiger partial charge in [-0.15, -0.1) is 0 Å². The van der Waals surface area contributed by atoms with E-state index in [0.717, 1.165) is 73.2 Å². The monoisotopic (exact) mass is 553 g/mol. The highest BCUT2D eigenvalue weighted by atomic mass is 16.2. The van der Waals surface area contributed by atoms with Crippen LogP contribution in [0, 0.1) is 13.8 Å². The molecule has 1 atom stereocenters. The Morgan fingerprint density at radius 3 is 2.46 bits per heavy atom. The number of nitrogens with one attached hydrogen (secondary N) is 3. The van der Waals surface area contributed by atoms with E-state index in [9.17, 15) is 9.90 Å². The number of primary amides is 1. The Labute approximate surface area is 242 Å². The molecule has 2 aliphatic rings. The molecule has 4 rings (SSSR count). The molecule has 1 amide bonds. The molecule has 8 N–H and O–H groups in total. The summed E-state index contributed by atoms with van der Waals surface area (Å²) in [4.78, 5) is 18.9. The van der Waals surface area contributed by atoms with Gasteiger partial charge in [0.2, 0.25) is 5.91 Å².